The van der Waals surface area contributed by atoms with Crippen molar-refractivity contribution in [3.8, 4) is 5.75 Å². The second kappa shape index (κ2) is 7.34. The number of amides is 1. The van der Waals surface area contributed by atoms with E-state index in [-0.39, 0.29) is 36.4 Å². The molecular formula is C17H27ClN2O2. The molecule has 1 unspecified atom stereocenters. The molecule has 1 heterocycles. The zero-order chi connectivity index (χ0) is 15.6. The maximum Gasteiger partial charge on any atom is 0.260 e. The van der Waals surface area contributed by atoms with Gasteiger partial charge in [0, 0.05) is 19.1 Å². The molecule has 1 aliphatic heterocycles. The minimum atomic E-state index is -0.0340. The molecule has 4 nitrogen and oxygen atoms in total. The van der Waals surface area contributed by atoms with Gasteiger partial charge in [-0.3, -0.25) is 4.79 Å². The van der Waals surface area contributed by atoms with Crippen molar-refractivity contribution < 1.29 is 9.53 Å². The molecule has 124 valence electrons. The Labute approximate surface area is 139 Å². The third-order valence-electron chi connectivity index (χ3n) is 4.35. The van der Waals surface area contributed by atoms with Crippen LogP contribution in [0.2, 0.25) is 0 Å². The number of carbonyl (C=O) groups is 1. The molecule has 0 radical (unpaired) electrons. The summed E-state index contributed by atoms with van der Waals surface area (Å²) in [4.78, 5) is 14.2. The fraction of sp³-hybridized carbons (Fsp3) is 0.588. The van der Waals surface area contributed by atoms with Gasteiger partial charge in [0.05, 0.1) is 0 Å². The van der Waals surface area contributed by atoms with Gasteiger partial charge in [0.15, 0.2) is 6.61 Å². The normalized spacial score (nSPS) is 20.2. The first-order valence-electron chi connectivity index (χ1n) is 7.53. The Kier molecular flexibility index (Phi) is 6.27. The van der Waals surface area contributed by atoms with Crippen molar-refractivity contribution in [3.05, 3.63) is 29.3 Å². The summed E-state index contributed by atoms with van der Waals surface area (Å²) in [5, 5.41) is 0. The van der Waals surface area contributed by atoms with Crippen molar-refractivity contribution in [3.63, 3.8) is 0 Å². The second-order valence-electron chi connectivity index (χ2n) is 6.76. The number of benzene rings is 1. The van der Waals surface area contributed by atoms with Crippen LogP contribution in [0.15, 0.2) is 18.2 Å². The van der Waals surface area contributed by atoms with Crippen LogP contribution in [0.1, 0.15) is 31.4 Å². The van der Waals surface area contributed by atoms with Crippen LogP contribution in [-0.4, -0.2) is 36.5 Å². The van der Waals surface area contributed by atoms with Gasteiger partial charge in [-0.25, -0.2) is 0 Å². The highest BCUT2D eigenvalue weighted by atomic mass is 35.5. The van der Waals surface area contributed by atoms with Gasteiger partial charge in [0.2, 0.25) is 0 Å². The average molecular weight is 327 g/mol. The van der Waals surface area contributed by atoms with Crippen molar-refractivity contribution in [2.75, 3.05) is 19.7 Å². The Morgan fingerprint density at radius 1 is 1.41 bits per heavy atom. The number of likely N-dealkylation sites (tertiary alicyclic amines) is 1. The van der Waals surface area contributed by atoms with Crippen LogP contribution in [-0.2, 0) is 4.79 Å². The summed E-state index contributed by atoms with van der Waals surface area (Å²) >= 11 is 0. The SMILES string of the molecule is Cc1ccc(OCC(=O)N2CCC(N)C(C)(C)C2)c(C)c1.Cl. The van der Waals surface area contributed by atoms with Crippen LogP contribution in [0.5, 0.6) is 5.75 Å². The van der Waals surface area contributed by atoms with E-state index in [1.807, 2.05) is 30.9 Å². The van der Waals surface area contributed by atoms with Gasteiger partial charge in [-0.1, -0.05) is 31.5 Å². The molecule has 1 amide bonds. The Bertz CT molecular complexity index is 531. The number of rotatable bonds is 3. The molecule has 2 rings (SSSR count). The molecule has 1 atom stereocenters. The molecule has 2 N–H and O–H groups in total. The van der Waals surface area contributed by atoms with E-state index >= 15 is 0 Å². The highest BCUT2D eigenvalue weighted by Gasteiger charge is 2.35. The monoisotopic (exact) mass is 326 g/mol. The zero-order valence-corrected chi connectivity index (χ0v) is 14.7. The molecule has 0 saturated carbocycles. The third-order valence-corrected chi connectivity index (χ3v) is 4.35. The van der Waals surface area contributed by atoms with Crippen LogP contribution >= 0.6 is 12.4 Å². The molecular weight excluding hydrogens is 300 g/mol. The van der Waals surface area contributed by atoms with Crippen LogP contribution in [0.25, 0.3) is 0 Å². The summed E-state index contributed by atoms with van der Waals surface area (Å²) in [6, 6.07) is 6.13. The average Bonchev–Trinajstić information content (AvgIpc) is 2.40. The molecule has 1 saturated heterocycles. The number of aryl methyl sites for hydroxylation is 2. The van der Waals surface area contributed by atoms with Gasteiger partial charge in [0.1, 0.15) is 5.75 Å². The lowest BCUT2D eigenvalue weighted by molar-refractivity contribution is -0.136. The van der Waals surface area contributed by atoms with Crippen molar-refractivity contribution in [1.29, 1.82) is 0 Å². The molecule has 0 aromatic heterocycles. The first-order chi connectivity index (χ1) is 9.79. The van der Waals surface area contributed by atoms with Gasteiger partial charge < -0.3 is 15.4 Å². The van der Waals surface area contributed by atoms with E-state index in [1.165, 1.54) is 5.56 Å². The van der Waals surface area contributed by atoms with E-state index in [2.05, 4.69) is 19.9 Å². The molecule has 0 aliphatic carbocycles. The lowest BCUT2D eigenvalue weighted by atomic mass is 9.80. The number of ether oxygens (including phenoxy) is 1. The van der Waals surface area contributed by atoms with Gasteiger partial charge in [0.25, 0.3) is 5.91 Å². The van der Waals surface area contributed by atoms with Crippen LogP contribution in [0, 0.1) is 19.3 Å². The number of nitrogens with zero attached hydrogens (tertiary/aromatic N) is 1. The Morgan fingerprint density at radius 3 is 2.68 bits per heavy atom. The zero-order valence-electron chi connectivity index (χ0n) is 13.9. The van der Waals surface area contributed by atoms with E-state index in [9.17, 15) is 4.79 Å². The molecule has 1 aromatic rings. The van der Waals surface area contributed by atoms with E-state index in [0.717, 1.165) is 24.3 Å². The fourth-order valence-corrected chi connectivity index (χ4v) is 2.78. The third kappa shape index (κ3) is 4.37. The molecule has 1 fully saturated rings. The van der Waals surface area contributed by atoms with Gasteiger partial charge >= 0.3 is 0 Å². The molecule has 1 aromatic carbocycles. The Morgan fingerprint density at radius 2 is 2.09 bits per heavy atom. The highest BCUT2D eigenvalue weighted by molar-refractivity contribution is 5.85. The number of carbonyl (C=O) groups excluding carboxylic acids is 1. The second-order valence-corrected chi connectivity index (χ2v) is 6.76. The Balaban J connectivity index is 0.00000242. The summed E-state index contributed by atoms with van der Waals surface area (Å²) in [6.07, 6.45) is 0.850. The van der Waals surface area contributed by atoms with Gasteiger partial charge in [-0.2, -0.15) is 0 Å². The van der Waals surface area contributed by atoms with Crippen molar-refractivity contribution in [1.82, 2.24) is 4.90 Å². The van der Waals surface area contributed by atoms with E-state index in [4.69, 9.17) is 10.5 Å². The maximum atomic E-state index is 12.3. The number of halogens is 1. The summed E-state index contributed by atoms with van der Waals surface area (Å²) < 4.78 is 5.68. The number of hydrogen-bond donors (Lipinski definition) is 1. The predicted octanol–water partition coefficient (Wildman–Crippen LogP) is 2.69. The van der Waals surface area contributed by atoms with E-state index < -0.39 is 0 Å². The first-order valence-corrected chi connectivity index (χ1v) is 7.53. The molecule has 22 heavy (non-hydrogen) atoms. The topological polar surface area (TPSA) is 55.6 Å². The summed E-state index contributed by atoms with van der Waals surface area (Å²) in [5.74, 6) is 0.817. The van der Waals surface area contributed by atoms with Crippen molar-refractivity contribution in [2.24, 2.45) is 11.1 Å². The number of nitrogens with two attached hydrogens (primary N) is 1. The maximum absolute atomic E-state index is 12.3. The molecule has 1 aliphatic rings. The lowest BCUT2D eigenvalue weighted by Crippen LogP contribution is -2.54. The van der Waals surface area contributed by atoms with Gasteiger partial charge in [-0.05, 0) is 37.3 Å². The lowest BCUT2D eigenvalue weighted by Gasteiger charge is -2.42. The smallest absolute Gasteiger partial charge is 0.260 e. The summed E-state index contributed by atoms with van der Waals surface area (Å²) in [7, 11) is 0. The fourth-order valence-electron chi connectivity index (χ4n) is 2.78. The molecule has 0 spiro atoms. The molecule has 0 bridgehead atoms. The first kappa shape index (κ1) is 18.8. The summed E-state index contributed by atoms with van der Waals surface area (Å²) in [6.45, 7) is 9.78. The van der Waals surface area contributed by atoms with E-state index in [0.29, 0.717) is 6.54 Å². The quantitative estimate of drug-likeness (QED) is 0.929. The summed E-state index contributed by atoms with van der Waals surface area (Å²) in [5.41, 5.74) is 8.32. The number of piperidine rings is 1. The Hall–Kier alpha value is -1.26. The molecule has 5 heteroatoms. The van der Waals surface area contributed by atoms with Gasteiger partial charge in [-0.15, -0.1) is 12.4 Å². The minimum Gasteiger partial charge on any atom is -0.484 e. The standard InChI is InChI=1S/C17H26N2O2.ClH/c1-12-5-6-14(13(2)9-12)21-10-16(20)19-8-7-15(18)17(3,4)11-19;/h5-6,9,15H,7-8,10-11,18H2,1-4H3;1H. The van der Waals surface area contributed by atoms with Crippen molar-refractivity contribution in [2.45, 2.75) is 40.2 Å². The van der Waals surface area contributed by atoms with Crippen LogP contribution in [0.4, 0.5) is 0 Å². The van der Waals surface area contributed by atoms with Crippen LogP contribution < -0.4 is 10.5 Å². The number of hydrogen-bond acceptors (Lipinski definition) is 3. The van der Waals surface area contributed by atoms with Crippen LogP contribution in [0.3, 0.4) is 0 Å². The van der Waals surface area contributed by atoms with E-state index in [1.54, 1.807) is 0 Å². The largest absolute Gasteiger partial charge is 0.484 e. The predicted molar refractivity (Wildman–Crippen MR) is 91.6 cm³/mol. The highest BCUT2D eigenvalue weighted by Crippen LogP contribution is 2.27. The van der Waals surface area contributed by atoms with Crippen molar-refractivity contribution >= 4 is 18.3 Å². The minimum absolute atomic E-state index is 0.